The summed E-state index contributed by atoms with van der Waals surface area (Å²) in [5, 5.41) is 0. The highest BCUT2D eigenvalue weighted by molar-refractivity contribution is 5.25. The van der Waals surface area contributed by atoms with Crippen molar-refractivity contribution in [1.82, 2.24) is 0 Å². The monoisotopic (exact) mass is 187 g/mol. The van der Waals surface area contributed by atoms with Crippen molar-refractivity contribution >= 4 is 0 Å². The normalized spacial score (nSPS) is 10.5. The summed E-state index contributed by atoms with van der Waals surface area (Å²) in [6.07, 6.45) is 0.277. The lowest BCUT2D eigenvalue weighted by atomic mass is 10.1. The molecule has 1 aromatic carbocycles. The van der Waals surface area contributed by atoms with Crippen LogP contribution in [0.25, 0.3) is 0 Å². The van der Waals surface area contributed by atoms with Crippen LogP contribution in [0.4, 0.5) is 8.78 Å². The van der Waals surface area contributed by atoms with Crippen LogP contribution in [0, 0.1) is 18.6 Å². The van der Waals surface area contributed by atoms with E-state index in [0.29, 0.717) is 5.56 Å². The van der Waals surface area contributed by atoms with E-state index in [1.807, 2.05) is 0 Å². The Morgan fingerprint density at radius 2 is 2.00 bits per heavy atom. The summed E-state index contributed by atoms with van der Waals surface area (Å²) in [5.74, 6) is 3.17. The number of rotatable bonds is 3. The van der Waals surface area contributed by atoms with Gasteiger partial charge in [0.2, 0.25) is 0 Å². The van der Waals surface area contributed by atoms with Gasteiger partial charge in [-0.15, -0.1) is 0 Å². The molecule has 0 atom stereocenters. The molecule has 4 heteroatoms. The minimum absolute atomic E-state index is 0.180. The molecule has 0 saturated heterocycles. The zero-order valence-electron chi connectivity index (χ0n) is 7.31. The smallest absolute Gasteiger partial charge is 0.162 e. The molecule has 0 aliphatic heterocycles. The molecule has 0 saturated carbocycles. The van der Waals surface area contributed by atoms with Crippen LogP contribution in [-0.2, 0) is 11.3 Å². The summed E-state index contributed by atoms with van der Waals surface area (Å²) in [6.45, 7) is 1.70. The Bertz CT molecular complexity index is 302. The van der Waals surface area contributed by atoms with Gasteiger partial charge in [-0.25, -0.2) is 14.7 Å². The minimum atomic E-state index is -0.808. The lowest BCUT2D eigenvalue weighted by Gasteiger charge is -2.04. The van der Waals surface area contributed by atoms with Crippen LogP contribution in [0.5, 0.6) is 0 Å². The van der Waals surface area contributed by atoms with E-state index in [0.717, 1.165) is 0 Å². The van der Waals surface area contributed by atoms with Crippen molar-refractivity contribution in [3.63, 3.8) is 0 Å². The number of nitrogens with two attached hydrogens (primary N) is 1. The Balaban J connectivity index is 2.90. The average Bonchev–Trinajstić information content (AvgIpc) is 2.13. The quantitative estimate of drug-likeness (QED) is 0.731. The Morgan fingerprint density at radius 1 is 1.31 bits per heavy atom. The van der Waals surface area contributed by atoms with E-state index in [2.05, 4.69) is 4.84 Å². The SMILES string of the molecule is Cc1ccc(CCON)c(F)c1F. The van der Waals surface area contributed by atoms with Crippen LogP contribution < -0.4 is 5.90 Å². The molecule has 0 aliphatic rings. The molecule has 0 bridgehead atoms. The van der Waals surface area contributed by atoms with E-state index >= 15 is 0 Å². The summed E-state index contributed by atoms with van der Waals surface area (Å²) in [6, 6.07) is 3.07. The van der Waals surface area contributed by atoms with Crippen molar-refractivity contribution < 1.29 is 13.6 Å². The van der Waals surface area contributed by atoms with Gasteiger partial charge in [0.1, 0.15) is 0 Å². The van der Waals surface area contributed by atoms with E-state index in [1.165, 1.54) is 19.1 Å². The molecule has 0 unspecified atom stereocenters. The van der Waals surface area contributed by atoms with Crippen molar-refractivity contribution in [2.45, 2.75) is 13.3 Å². The van der Waals surface area contributed by atoms with Crippen molar-refractivity contribution in [3.8, 4) is 0 Å². The third-order valence-corrected chi connectivity index (χ3v) is 1.84. The first-order valence-electron chi connectivity index (χ1n) is 3.92. The molecule has 72 valence electrons. The highest BCUT2D eigenvalue weighted by atomic mass is 19.2. The van der Waals surface area contributed by atoms with Gasteiger partial charge in [-0.1, -0.05) is 12.1 Å². The third-order valence-electron chi connectivity index (χ3n) is 1.84. The van der Waals surface area contributed by atoms with Crippen molar-refractivity contribution in [2.75, 3.05) is 6.61 Å². The highest BCUT2D eigenvalue weighted by Gasteiger charge is 2.09. The van der Waals surface area contributed by atoms with Gasteiger partial charge in [-0.3, -0.25) is 0 Å². The zero-order valence-corrected chi connectivity index (χ0v) is 7.31. The summed E-state index contributed by atoms with van der Waals surface area (Å²) >= 11 is 0. The first-order valence-corrected chi connectivity index (χ1v) is 3.92. The lowest BCUT2D eigenvalue weighted by Crippen LogP contribution is -2.06. The average molecular weight is 187 g/mol. The molecule has 0 amide bonds. The molecule has 0 radical (unpaired) electrons. The van der Waals surface area contributed by atoms with E-state index in [-0.39, 0.29) is 18.6 Å². The van der Waals surface area contributed by atoms with E-state index in [9.17, 15) is 8.78 Å². The number of halogens is 2. The Morgan fingerprint density at radius 3 is 2.62 bits per heavy atom. The van der Waals surface area contributed by atoms with Crippen molar-refractivity contribution in [2.24, 2.45) is 5.90 Å². The maximum atomic E-state index is 13.1. The minimum Gasteiger partial charge on any atom is -0.304 e. The highest BCUT2D eigenvalue weighted by Crippen LogP contribution is 2.15. The Hall–Kier alpha value is -1.00. The largest absolute Gasteiger partial charge is 0.304 e. The summed E-state index contributed by atoms with van der Waals surface area (Å²) in [4.78, 5) is 4.28. The first-order chi connectivity index (χ1) is 6.16. The molecule has 0 spiro atoms. The molecule has 0 aliphatic carbocycles. The molecule has 0 fully saturated rings. The van der Waals surface area contributed by atoms with Gasteiger partial charge in [-0.2, -0.15) is 0 Å². The molecule has 13 heavy (non-hydrogen) atoms. The molecule has 1 aromatic rings. The van der Waals surface area contributed by atoms with Crippen LogP contribution in [0.1, 0.15) is 11.1 Å². The zero-order chi connectivity index (χ0) is 9.84. The fourth-order valence-electron chi connectivity index (χ4n) is 1.05. The third kappa shape index (κ3) is 2.23. The lowest BCUT2D eigenvalue weighted by molar-refractivity contribution is 0.140. The number of hydrogen-bond donors (Lipinski definition) is 1. The molecule has 2 N–H and O–H groups in total. The number of aryl methyl sites for hydroxylation is 1. The number of benzene rings is 1. The van der Waals surface area contributed by atoms with Gasteiger partial charge >= 0.3 is 0 Å². The van der Waals surface area contributed by atoms with E-state index < -0.39 is 11.6 Å². The standard InChI is InChI=1S/C9H11F2NO/c1-6-2-3-7(4-5-13-12)9(11)8(6)10/h2-3H,4-5,12H2,1H3. The molecule has 2 nitrogen and oxygen atoms in total. The molecular weight excluding hydrogens is 176 g/mol. The van der Waals surface area contributed by atoms with Crippen LogP contribution in [-0.4, -0.2) is 6.61 Å². The second-order valence-electron chi connectivity index (χ2n) is 2.79. The van der Waals surface area contributed by atoms with Crippen molar-refractivity contribution in [1.29, 1.82) is 0 Å². The fraction of sp³-hybridized carbons (Fsp3) is 0.333. The maximum Gasteiger partial charge on any atom is 0.162 e. The molecule has 0 heterocycles. The fourth-order valence-corrected chi connectivity index (χ4v) is 1.05. The number of hydrogen-bond acceptors (Lipinski definition) is 2. The van der Waals surface area contributed by atoms with Crippen LogP contribution in [0.3, 0.4) is 0 Å². The van der Waals surface area contributed by atoms with Gasteiger partial charge < -0.3 is 4.84 Å². The van der Waals surface area contributed by atoms with Gasteiger partial charge in [0, 0.05) is 6.42 Å². The molecular formula is C9H11F2NO. The summed E-state index contributed by atoms with van der Waals surface area (Å²) in [7, 11) is 0. The topological polar surface area (TPSA) is 35.2 Å². The van der Waals surface area contributed by atoms with Crippen molar-refractivity contribution in [3.05, 3.63) is 34.9 Å². The predicted molar refractivity (Wildman–Crippen MR) is 44.9 cm³/mol. The summed E-state index contributed by atoms with van der Waals surface area (Å²) < 4.78 is 26.1. The second-order valence-corrected chi connectivity index (χ2v) is 2.79. The predicted octanol–water partition coefficient (Wildman–Crippen LogP) is 1.71. The van der Waals surface area contributed by atoms with Crippen LogP contribution in [0.2, 0.25) is 0 Å². The van der Waals surface area contributed by atoms with Gasteiger partial charge in [0.05, 0.1) is 6.61 Å². The molecule has 1 rings (SSSR count). The van der Waals surface area contributed by atoms with Gasteiger partial charge in [-0.05, 0) is 18.1 Å². The second kappa shape index (κ2) is 4.30. The summed E-state index contributed by atoms with van der Waals surface area (Å²) in [5.41, 5.74) is 0.587. The van der Waals surface area contributed by atoms with Gasteiger partial charge in [0.25, 0.3) is 0 Å². The Labute approximate surface area is 75.3 Å². The first kappa shape index (κ1) is 10.1. The van der Waals surface area contributed by atoms with Gasteiger partial charge in [0.15, 0.2) is 11.6 Å². The van der Waals surface area contributed by atoms with E-state index in [4.69, 9.17) is 5.90 Å². The maximum absolute atomic E-state index is 13.1. The molecule has 0 aromatic heterocycles. The van der Waals surface area contributed by atoms with Crippen LogP contribution in [0.15, 0.2) is 12.1 Å². The van der Waals surface area contributed by atoms with E-state index in [1.54, 1.807) is 0 Å². The van der Waals surface area contributed by atoms with Crippen LogP contribution >= 0.6 is 0 Å². The Kier molecular flexibility index (Phi) is 3.33.